The Hall–Kier alpha value is -0.0800. The van der Waals surface area contributed by atoms with E-state index in [2.05, 4.69) is 17.1 Å². The van der Waals surface area contributed by atoms with Gasteiger partial charge in [-0.3, -0.25) is 4.90 Å². The molecule has 0 radical (unpaired) electrons. The predicted molar refractivity (Wildman–Crippen MR) is 60.5 cm³/mol. The number of likely N-dealkylation sites (tertiary alicyclic amines) is 1. The van der Waals surface area contributed by atoms with Crippen LogP contribution in [0.5, 0.6) is 0 Å². The first kappa shape index (κ1) is 10.4. The fourth-order valence-corrected chi connectivity index (χ4v) is 2.90. The molecular formula is C12H24N2. The Balaban J connectivity index is 1.71. The highest BCUT2D eigenvalue weighted by Crippen LogP contribution is 2.26. The van der Waals surface area contributed by atoms with E-state index in [9.17, 15) is 0 Å². The average molecular weight is 196 g/mol. The van der Waals surface area contributed by atoms with E-state index < -0.39 is 0 Å². The first-order valence-electron chi connectivity index (χ1n) is 6.37. The molecule has 1 unspecified atom stereocenters. The van der Waals surface area contributed by atoms with Gasteiger partial charge in [0.1, 0.15) is 0 Å². The number of nitrogens with zero attached hydrogens (tertiary/aromatic N) is 1. The molecule has 2 fully saturated rings. The van der Waals surface area contributed by atoms with Crippen molar-refractivity contribution in [3.8, 4) is 0 Å². The normalized spacial score (nSPS) is 30.2. The van der Waals surface area contributed by atoms with Crippen LogP contribution < -0.4 is 5.32 Å². The Morgan fingerprint density at radius 1 is 1.21 bits per heavy atom. The minimum absolute atomic E-state index is 0.788. The zero-order valence-corrected chi connectivity index (χ0v) is 9.47. The monoisotopic (exact) mass is 196 g/mol. The van der Waals surface area contributed by atoms with E-state index in [4.69, 9.17) is 0 Å². The first-order valence-corrected chi connectivity index (χ1v) is 6.37. The highest BCUT2D eigenvalue weighted by Gasteiger charge is 2.29. The van der Waals surface area contributed by atoms with E-state index in [0.717, 1.165) is 12.1 Å². The summed E-state index contributed by atoms with van der Waals surface area (Å²) in [6, 6.07) is 1.72. The van der Waals surface area contributed by atoms with Crippen LogP contribution in [-0.2, 0) is 0 Å². The number of hydrogen-bond donors (Lipinski definition) is 1. The Morgan fingerprint density at radius 2 is 2.00 bits per heavy atom. The highest BCUT2D eigenvalue weighted by molar-refractivity contribution is 4.87. The molecule has 14 heavy (non-hydrogen) atoms. The second kappa shape index (κ2) is 5.13. The third kappa shape index (κ3) is 2.48. The minimum atomic E-state index is 0.788. The molecule has 0 aromatic carbocycles. The van der Waals surface area contributed by atoms with Crippen molar-refractivity contribution >= 4 is 0 Å². The largest absolute Gasteiger partial charge is 0.313 e. The molecule has 1 heterocycles. The lowest BCUT2D eigenvalue weighted by atomic mass is 10.2. The highest BCUT2D eigenvalue weighted by atomic mass is 15.2. The van der Waals surface area contributed by atoms with E-state index in [-0.39, 0.29) is 0 Å². The van der Waals surface area contributed by atoms with E-state index in [1.165, 1.54) is 58.2 Å². The molecule has 2 nitrogen and oxygen atoms in total. The summed E-state index contributed by atoms with van der Waals surface area (Å²) in [5.74, 6) is 0. The van der Waals surface area contributed by atoms with Crippen LogP contribution >= 0.6 is 0 Å². The number of hydrogen-bond acceptors (Lipinski definition) is 2. The summed E-state index contributed by atoms with van der Waals surface area (Å²) in [5, 5.41) is 3.64. The SMILES string of the molecule is CCCNC1CCN(C2CCCC2)C1. The summed E-state index contributed by atoms with van der Waals surface area (Å²) < 4.78 is 0. The molecule has 2 heteroatoms. The number of nitrogens with one attached hydrogen (secondary N) is 1. The fraction of sp³-hybridized carbons (Fsp3) is 1.00. The van der Waals surface area contributed by atoms with Crippen molar-refractivity contribution in [2.24, 2.45) is 0 Å². The third-order valence-corrected chi connectivity index (χ3v) is 3.74. The van der Waals surface area contributed by atoms with Crippen LogP contribution in [0.4, 0.5) is 0 Å². The van der Waals surface area contributed by atoms with Crippen LogP contribution in [0.1, 0.15) is 45.4 Å². The average Bonchev–Trinajstić information content (AvgIpc) is 2.85. The van der Waals surface area contributed by atoms with E-state index in [1.807, 2.05) is 0 Å². The van der Waals surface area contributed by atoms with Gasteiger partial charge in [0, 0.05) is 25.2 Å². The van der Waals surface area contributed by atoms with Gasteiger partial charge >= 0.3 is 0 Å². The molecule has 0 bridgehead atoms. The van der Waals surface area contributed by atoms with Crippen molar-refractivity contribution in [1.82, 2.24) is 10.2 Å². The van der Waals surface area contributed by atoms with Crippen LogP contribution in [0.2, 0.25) is 0 Å². The van der Waals surface area contributed by atoms with Gasteiger partial charge in [0.05, 0.1) is 0 Å². The lowest BCUT2D eigenvalue weighted by Crippen LogP contribution is -2.36. The molecule has 82 valence electrons. The second-order valence-electron chi connectivity index (χ2n) is 4.87. The summed E-state index contributed by atoms with van der Waals surface area (Å²) in [6.07, 6.45) is 8.49. The quantitative estimate of drug-likeness (QED) is 0.740. The summed E-state index contributed by atoms with van der Waals surface area (Å²) in [4.78, 5) is 2.72. The van der Waals surface area contributed by atoms with E-state index >= 15 is 0 Å². The van der Waals surface area contributed by atoms with Crippen LogP contribution in [0.25, 0.3) is 0 Å². The van der Waals surface area contributed by atoms with Gasteiger partial charge in [0.2, 0.25) is 0 Å². The summed E-state index contributed by atoms with van der Waals surface area (Å²) in [5.41, 5.74) is 0. The van der Waals surface area contributed by atoms with Crippen LogP contribution in [-0.4, -0.2) is 36.6 Å². The number of rotatable bonds is 4. The summed E-state index contributed by atoms with van der Waals surface area (Å²) in [6.45, 7) is 6.09. The predicted octanol–water partition coefficient (Wildman–Crippen LogP) is 2.00. The van der Waals surface area contributed by atoms with Crippen molar-refractivity contribution in [2.45, 2.75) is 57.5 Å². The lowest BCUT2D eigenvalue weighted by molar-refractivity contribution is 0.240. The van der Waals surface area contributed by atoms with E-state index in [0.29, 0.717) is 0 Å². The summed E-state index contributed by atoms with van der Waals surface area (Å²) in [7, 11) is 0. The molecule has 1 aliphatic carbocycles. The van der Waals surface area contributed by atoms with Gasteiger partial charge in [-0.05, 0) is 32.2 Å². The fourth-order valence-electron chi connectivity index (χ4n) is 2.90. The van der Waals surface area contributed by atoms with Crippen LogP contribution in [0.15, 0.2) is 0 Å². The Labute approximate surface area is 88.1 Å². The molecule has 1 saturated carbocycles. The molecule has 0 spiro atoms. The molecule has 2 aliphatic rings. The van der Waals surface area contributed by atoms with Gasteiger partial charge in [-0.1, -0.05) is 19.8 Å². The maximum Gasteiger partial charge on any atom is 0.0207 e. The van der Waals surface area contributed by atoms with Crippen LogP contribution in [0.3, 0.4) is 0 Å². The minimum Gasteiger partial charge on any atom is -0.313 e. The molecule has 0 amide bonds. The summed E-state index contributed by atoms with van der Waals surface area (Å²) >= 11 is 0. The van der Waals surface area contributed by atoms with Gasteiger partial charge in [-0.2, -0.15) is 0 Å². The Morgan fingerprint density at radius 3 is 2.71 bits per heavy atom. The van der Waals surface area contributed by atoms with Crippen molar-refractivity contribution in [1.29, 1.82) is 0 Å². The Bertz CT molecular complexity index is 164. The Kier molecular flexibility index (Phi) is 3.82. The molecular weight excluding hydrogens is 172 g/mol. The van der Waals surface area contributed by atoms with Gasteiger partial charge in [0.15, 0.2) is 0 Å². The lowest BCUT2D eigenvalue weighted by Gasteiger charge is -2.23. The standard InChI is InChI=1S/C12H24N2/c1-2-8-13-11-7-9-14(10-11)12-5-3-4-6-12/h11-13H,2-10H2,1H3. The maximum absolute atomic E-state index is 3.64. The van der Waals surface area contributed by atoms with Crippen molar-refractivity contribution in [2.75, 3.05) is 19.6 Å². The molecule has 0 aromatic heterocycles. The maximum atomic E-state index is 3.64. The second-order valence-corrected chi connectivity index (χ2v) is 4.87. The van der Waals surface area contributed by atoms with Crippen LogP contribution in [0, 0.1) is 0 Å². The van der Waals surface area contributed by atoms with Crippen molar-refractivity contribution < 1.29 is 0 Å². The van der Waals surface area contributed by atoms with Gasteiger partial charge in [-0.25, -0.2) is 0 Å². The topological polar surface area (TPSA) is 15.3 Å². The van der Waals surface area contributed by atoms with E-state index in [1.54, 1.807) is 0 Å². The molecule has 1 N–H and O–H groups in total. The van der Waals surface area contributed by atoms with Crippen molar-refractivity contribution in [3.05, 3.63) is 0 Å². The first-order chi connectivity index (χ1) is 6.90. The zero-order valence-electron chi connectivity index (χ0n) is 9.47. The molecule has 1 saturated heterocycles. The van der Waals surface area contributed by atoms with Gasteiger partial charge in [0.25, 0.3) is 0 Å². The zero-order chi connectivity index (χ0) is 9.80. The van der Waals surface area contributed by atoms with Gasteiger partial charge in [-0.15, -0.1) is 0 Å². The molecule has 1 atom stereocenters. The smallest absolute Gasteiger partial charge is 0.0207 e. The molecule has 0 aromatic rings. The third-order valence-electron chi connectivity index (χ3n) is 3.74. The molecule has 1 aliphatic heterocycles. The molecule has 2 rings (SSSR count). The van der Waals surface area contributed by atoms with Crippen molar-refractivity contribution in [3.63, 3.8) is 0 Å². The van der Waals surface area contributed by atoms with Gasteiger partial charge < -0.3 is 5.32 Å².